The third-order valence-electron chi connectivity index (χ3n) is 11.2. The number of allylic oxidation sites excluding steroid dienone is 2. The van der Waals surface area contributed by atoms with Crippen LogP contribution < -0.4 is 0 Å². The van der Waals surface area contributed by atoms with Gasteiger partial charge in [-0.05, 0) is 78.9 Å². The Morgan fingerprint density at radius 2 is 1.90 bits per heavy atom. The minimum atomic E-state index is -0.304. The van der Waals surface area contributed by atoms with Crippen molar-refractivity contribution in [3.05, 3.63) is 11.6 Å². The van der Waals surface area contributed by atoms with Crippen LogP contribution in [0.15, 0.2) is 11.6 Å². The number of carbonyl (C=O) groups excluding carboxylic acids is 1. The largest absolute Gasteiger partial charge is 0.349 e. The molecule has 2 saturated heterocycles. The molecule has 0 aromatic heterocycles. The van der Waals surface area contributed by atoms with Crippen molar-refractivity contribution >= 4 is 5.78 Å². The molecule has 1 spiro atoms. The van der Waals surface area contributed by atoms with Crippen LogP contribution in [0.3, 0.4) is 0 Å². The SMILES string of the molecule is C[C@H]1CC[C@]2(OC1)O[C@H]1C[C@@H]3[C@@H]4CC=C5CC(=O)CC[C@]5(C)[C@@H]4CC[C@]3(C)[C@H]1[C@H]2C. The summed E-state index contributed by atoms with van der Waals surface area (Å²) in [5.74, 6) is 4.26. The van der Waals surface area contributed by atoms with Gasteiger partial charge in [0.2, 0.25) is 0 Å². The molecule has 0 bridgehead atoms. The smallest absolute Gasteiger partial charge is 0.171 e. The molecule has 3 nitrogen and oxygen atoms in total. The summed E-state index contributed by atoms with van der Waals surface area (Å²) in [6.07, 6.45) is 12.9. The lowest BCUT2D eigenvalue weighted by molar-refractivity contribution is -0.272. The van der Waals surface area contributed by atoms with E-state index in [1.807, 2.05) is 0 Å². The van der Waals surface area contributed by atoms with E-state index in [4.69, 9.17) is 9.47 Å². The fourth-order valence-corrected chi connectivity index (χ4v) is 9.49. The van der Waals surface area contributed by atoms with Gasteiger partial charge in [-0.3, -0.25) is 4.79 Å². The van der Waals surface area contributed by atoms with Crippen molar-refractivity contribution in [2.75, 3.05) is 6.61 Å². The summed E-state index contributed by atoms with van der Waals surface area (Å²) in [5, 5.41) is 0. The van der Waals surface area contributed by atoms with Gasteiger partial charge in [-0.15, -0.1) is 0 Å². The van der Waals surface area contributed by atoms with Gasteiger partial charge in [0.15, 0.2) is 5.79 Å². The second-order valence-corrected chi connectivity index (χ2v) is 12.5. The minimum absolute atomic E-state index is 0.270. The average Bonchev–Trinajstić information content (AvgIpc) is 3.16. The van der Waals surface area contributed by atoms with Crippen LogP contribution in [0.4, 0.5) is 0 Å². The number of fused-ring (bicyclic) bond motifs is 7. The molecular weight excluding hydrogens is 372 g/mol. The first-order valence-electron chi connectivity index (χ1n) is 12.8. The molecule has 4 aliphatic carbocycles. The Hall–Kier alpha value is -0.670. The maximum Gasteiger partial charge on any atom is 0.171 e. The first-order chi connectivity index (χ1) is 14.3. The van der Waals surface area contributed by atoms with E-state index in [-0.39, 0.29) is 11.2 Å². The molecule has 3 heteroatoms. The van der Waals surface area contributed by atoms with E-state index in [1.165, 1.54) is 37.7 Å². The van der Waals surface area contributed by atoms with Crippen LogP contribution in [0.2, 0.25) is 0 Å². The maximum absolute atomic E-state index is 12.1. The fourth-order valence-electron chi connectivity index (χ4n) is 9.49. The third-order valence-corrected chi connectivity index (χ3v) is 11.2. The summed E-state index contributed by atoms with van der Waals surface area (Å²) in [6, 6.07) is 0. The zero-order valence-corrected chi connectivity index (χ0v) is 19.4. The standard InChI is InChI=1S/C27H40O3/c1-16-7-12-27(29-15-16)17(2)24-23(30-27)14-22-20-6-5-18-13-19(28)8-10-25(18,3)21(20)9-11-26(22,24)4/h5,16-17,20-24H,6-15H2,1-4H3/t16-,17+,20+,21+,22+,23-,24-,25-,26-,27-/m0/s1. The molecule has 30 heavy (non-hydrogen) atoms. The molecule has 5 fully saturated rings. The van der Waals surface area contributed by atoms with Gasteiger partial charge in [0.25, 0.3) is 0 Å². The van der Waals surface area contributed by atoms with Crippen LogP contribution in [0, 0.1) is 46.3 Å². The van der Waals surface area contributed by atoms with Crippen LogP contribution >= 0.6 is 0 Å². The second-order valence-electron chi connectivity index (χ2n) is 12.5. The molecule has 0 amide bonds. The first kappa shape index (κ1) is 20.0. The van der Waals surface area contributed by atoms with E-state index in [0.717, 1.165) is 50.0 Å². The van der Waals surface area contributed by atoms with Gasteiger partial charge in [0.05, 0.1) is 12.7 Å². The molecular formula is C27H40O3. The van der Waals surface area contributed by atoms with Gasteiger partial charge in [-0.25, -0.2) is 0 Å². The van der Waals surface area contributed by atoms with Crippen LogP contribution in [-0.4, -0.2) is 24.3 Å². The molecule has 2 aliphatic heterocycles. The molecule has 0 N–H and O–H groups in total. The van der Waals surface area contributed by atoms with Crippen molar-refractivity contribution in [2.45, 2.75) is 97.4 Å². The van der Waals surface area contributed by atoms with Crippen molar-refractivity contribution in [1.82, 2.24) is 0 Å². The number of ketones is 1. The number of rotatable bonds is 0. The van der Waals surface area contributed by atoms with Gasteiger partial charge in [-0.2, -0.15) is 0 Å². The van der Waals surface area contributed by atoms with E-state index < -0.39 is 0 Å². The Kier molecular flexibility index (Phi) is 4.29. The van der Waals surface area contributed by atoms with Gasteiger partial charge >= 0.3 is 0 Å². The van der Waals surface area contributed by atoms with E-state index in [2.05, 4.69) is 33.8 Å². The van der Waals surface area contributed by atoms with Gasteiger partial charge in [0.1, 0.15) is 5.78 Å². The molecule has 0 radical (unpaired) electrons. The molecule has 3 saturated carbocycles. The Morgan fingerprint density at radius 1 is 1.07 bits per heavy atom. The Bertz CT molecular complexity index is 777. The number of hydrogen-bond acceptors (Lipinski definition) is 3. The summed E-state index contributed by atoms with van der Waals surface area (Å²) in [7, 11) is 0. The molecule has 0 unspecified atom stereocenters. The molecule has 6 aliphatic rings. The van der Waals surface area contributed by atoms with Crippen molar-refractivity contribution in [3.8, 4) is 0 Å². The predicted molar refractivity (Wildman–Crippen MR) is 117 cm³/mol. The molecule has 6 rings (SSSR count). The van der Waals surface area contributed by atoms with Crippen molar-refractivity contribution in [3.63, 3.8) is 0 Å². The zero-order chi connectivity index (χ0) is 20.9. The van der Waals surface area contributed by atoms with Crippen LogP contribution in [0.5, 0.6) is 0 Å². The number of hydrogen-bond donors (Lipinski definition) is 0. The summed E-state index contributed by atoms with van der Waals surface area (Å²) in [4.78, 5) is 12.1. The number of ether oxygens (including phenoxy) is 2. The Balaban J connectivity index is 1.29. The normalized spacial score (nSPS) is 57.4. The Labute approximate surface area is 182 Å². The van der Waals surface area contributed by atoms with Crippen molar-refractivity contribution in [2.24, 2.45) is 46.3 Å². The summed E-state index contributed by atoms with van der Waals surface area (Å²) in [5.41, 5.74) is 2.13. The topological polar surface area (TPSA) is 35.5 Å². The lowest BCUT2D eigenvalue weighted by Gasteiger charge is -2.58. The maximum atomic E-state index is 12.1. The zero-order valence-electron chi connectivity index (χ0n) is 19.4. The Morgan fingerprint density at radius 3 is 2.67 bits per heavy atom. The van der Waals surface area contributed by atoms with Gasteiger partial charge in [-0.1, -0.05) is 39.3 Å². The highest BCUT2D eigenvalue weighted by atomic mass is 16.7. The number of carbonyl (C=O) groups is 1. The molecule has 0 aromatic carbocycles. The molecule has 2 heterocycles. The fraction of sp³-hybridized carbons (Fsp3) is 0.889. The lowest BCUT2D eigenvalue weighted by Crippen LogP contribution is -2.52. The highest BCUT2D eigenvalue weighted by molar-refractivity contribution is 5.82. The van der Waals surface area contributed by atoms with Crippen LogP contribution in [0.1, 0.15) is 85.5 Å². The minimum Gasteiger partial charge on any atom is -0.349 e. The summed E-state index contributed by atoms with van der Waals surface area (Å²) < 4.78 is 13.3. The van der Waals surface area contributed by atoms with Crippen LogP contribution in [-0.2, 0) is 14.3 Å². The molecule has 0 aromatic rings. The monoisotopic (exact) mass is 412 g/mol. The van der Waals surface area contributed by atoms with Gasteiger partial charge < -0.3 is 9.47 Å². The van der Waals surface area contributed by atoms with Gasteiger partial charge in [0, 0.05) is 25.2 Å². The van der Waals surface area contributed by atoms with Crippen LogP contribution in [0.25, 0.3) is 0 Å². The first-order valence-corrected chi connectivity index (χ1v) is 12.8. The van der Waals surface area contributed by atoms with E-state index in [0.29, 0.717) is 35.1 Å². The quantitative estimate of drug-likeness (QED) is 0.463. The van der Waals surface area contributed by atoms with Crippen molar-refractivity contribution in [1.29, 1.82) is 0 Å². The summed E-state index contributed by atoms with van der Waals surface area (Å²) in [6.45, 7) is 10.7. The average molecular weight is 413 g/mol. The number of Topliss-reactive ketones (excluding diaryl/α,β-unsaturated/α-hetero) is 1. The second kappa shape index (κ2) is 6.44. The predicted octanol–water partition coefficient (Wildman–Crippen LogP) is 5.92. The summed E-state index contributed by atoms with van der Waals surface area (Å²) >= 11 is 0. The van der Waals surface area contributed by atoms with E-state index in [9.17, 15) is 4.79 Å². The molecule has 166 valence electrons. The highest BCUT2D eigenvalue weighted by Gasteiger charge is 2.68. The lowest BCUT2D eigenvalue weighted by atomic mass is 9.47. The third kappa shape index (κ3) is 2.48. The van der Waals surface area contributed by atoms with Crippen molar-refractivity contribution < 1.29 is 14.3 Å². The van der Waals surface area contributed by atoms with E-state index >= 15 is 0 Å². The molecule has 10 atom stereocenters. The highest BCUT2D eigenvalue weighted by Crippen LogP contribution is 2.70. The van der Waals surface area contributed by atoms with E-state index in [1.54, 1.807) is 0 Å².